The van der Waals surface area contributed by atoms with E-state index in [4.69, 9.17) is 5.73 Å². The van der Waals surface area contributed by atoms with Gasteiger partial charge in [0.05, 0.1) is 4.90 Å². The smallest absolute Gasteiger partial charge is 0.241 e. The van der Waals surface area contributed by atoms with E-state index in [1.807, 2.05) is 20.8 Å². The standard InChI is InChI=1S/C15H26N2O2S/c1-6-13(7-2)12(5)17-20(18,19)15-9-14(16)8-10(3)11(15)4/h8-9,12-13,17H,6-7,16H2,1-5H3. The summed E-state index contributed by atoms with van der Waals surface area (Å²) in [6.07, 6.45) is 1.91. The number of nitrogen functional groups attached to an aromatic ring is 1. The molecule has 0 spiro atoms. The molecule has 1 atom stereocenters. The average molecular weight is 298 g/mol. The Labute approximate surface area is 122 Å². The Morgan fingerprint density at radius 1 is 1.20 bits per heavy atom. The van der Waals surface area contributed by atoms with Crippen LogP contribution in [0.5, 0.6) is 0 Å². The predicted molar refractivity (Wildman–Crippen MR) is 84.2 cm³/mol. The van der Waals surface area contributed by atoms with Crippen molar-refractivity contribution in [2.24, 2.45) is 5.92 Å². The van der Waals surface area contributed by atoms with Gasteiger partial charge in [-0.15, -0.1) is 0 Å². The topological polar surface area (TPSA) is 72.2 Å². The molecule has 0 bridgehead atoms. The molecule has 1 unspecified atom stereocenters. The third-order valence-electron chi connectivity index (χ3n) is 4.03. The first-order valence-electron chi connectivity index (χ1n) is 7.12. The van der Waals surface area contributed by atoms with Crippen LogP contribution in [0, 0.1) is 19.8 Å². The quantitative estimate of drug-likeness (QED) is 0.793. The minimum absolute atomic E-state index is 0.0869. The van der Waals surface area contributed by atoms with E-state index in [0.29, 0.717) is 11.6 Å². The molecule has 0 saturated heterocycles. The first kappa shape index (κ1) is 17.0. The van der Waals surface area contributed by atoms with Gasteiger partial charge in [0.15, 0.2) is 0 Å². The zero-order valence-electron chi connectivity index (χ0n) is 13.0. The van der Waals surface area contributed by atoms with Gasteiger partial charge in [-0.1, -0.05) is 26.7 Å². The number of anilines is 1. The molecule has 1 aromatic carbocycles. The lowest BCUT2D eigenvalue weighted by atomic mass is 9.96. The Bertz CT molecular complexity index is 563. The van der Waals surface area contributed by atoms with E-state index >= 15 is 0 Å². The number of hydrogen-bond donors (Lipinski definition) is 2. The second-order valence-electron chi connectivity index (χ2n) is 5.45. The number of hydrogen-bond acceptors (Lipinski definition) is 3. The largest absolute Gasteiger partial charge is 0.399 e. The Morgan fingerprint density at radius 2 is 1.75 bits per heavy atom. The minimum Gasteiger partial charge on any atom is -0.399 e. The van der Waals surface area contributed by atoms with Gasteiger partial charge in [0.2, 0.25) is 10.0 Å². The maximum atomic E-state index is 12.5. The monoisotopic (exact) mass is 298 g/mol. The van der Waals surface area contributed by atoms with Gasteiger partial charge < -0.3 is 5.73 Å². The molecule has 4 nitrogen and oxygen atoms in total. The Hall–Kier alpha value is -1.07. The highest BCUT2D eigenvalue weighted by Crippen LogP contribution is 2.23. The fourth-order valence-corrected chi connectivity index (χ4v) is 4.20. The fraction of sp³-hybridized carbons (Fsp3) is 0.600. The van der Waals surface area contributed by atoms with Crippen LogP contribution in [0.15, 0.2) is 17.0 Å². The van der Waals surface area contributed by atoms with Crippen LogP contribution < -0.4 is 10.5 Å². The third-order valence-corrected chi connectivity index (χ3v) is 5.71. The average Bonchev–Trinajstić information content (AvgIpc) is 2.34. The summed E-state index contributed by atoms with van der Waals surface area (Å²) in [5.41, 5.74) is 7.89. The zero-order valence-corrected chi connectivity index (χ0v) is 13.8. The molecule has 0 amide bonds. The van der Waals surface area contributed by atoms with Gasteiger partial charge in [0.25, 0.3) is 0 Å². The summed E-state index contributed by atoms with van der Waals surface area (Å²) in [6.45, 7) is 9.76. The first-order chi connectivity index (χ1) is 9.22. The van der Waals surface area contributed by atoms with Gasteiger partial charge in [0.1, 0.15) is 0 Å². The second-order valence-corrected chi connectivity index (χ2v) is 7.13. The molecular weight excluding hydrogens is 272 g/mol. The lowest BCUT2D eigenvalue weighted by Crippen LogP contribution is -2.38. The molecular formula is C15H26N2O2S. The molecule has 0 aliphatic rings. The van der Waals surface area contributed by atoms with E-state index in [-0.39, 0.29) is 10.9 Å². The molecule has 0 aliphatic carbocycles. The number of aryl methyl sites for hydroxylation is 1. The lowest BCUT2D eigenvalue weighted by molar-refractivity contribution is 0.390. The van der Waals surface area contributed by atoms with Crippen molar-refractivity contribution in [3.05, 3.63) is 23.3 Å². The molecule has 1 aromatic rings. The van der Waals surface area contributed by atoms with Gasteiger partial charge >= 0.3 is 0 Å². The normalized spacial score (nSPS) is 13.7. The molecule has 3 N–H and O–H groups in total. The van der Waals surface area contributed by atoms with Crippen molar-refractivity contribution in [1.29, 1.82) is 0 Å². The van der Waals surface area contributed by atoms with Gasteiger partial charge in [-0.25, -0.2) is 13.1 Å². The van der Waals surface area contributed by atoms with Crippen molar-refractivity contribution in [3.8, 4) is 0 Å². The Balaban J connectivity index is 3.12. The summed E-state index contributed by atoms with van der Waals surface area (Å²) in [4.78, 5) is 0.285. The number of benzene rings is 1. The summed E-state index contributed by atoms with van der Waals surface area (Å²) in [6, 6.07) is 3.24. The van der Waals surface area contributed by atoms with Crippen molar-refractivity contribution in [1.82, 2.24) is 4.72 Å². The van der Waals surface area contributed by atoms with Crippen molar-refractivity contribution < 1.29 is 8.42 Å². The number of sulfonamides is 1. The van der Waals surface area contributed by atoms with Crippen LogP contribution in [0.1, 0.15) is 44.7 Å². The molecule has 0 heterocycles. The van der Waals surface area contributed by atoms with E-state index in [1.165, 1.54) is 6.07 Å². The van der Waals surface area contributed by atoms with Gasteiger partial charge in [-0.05, 0) is 49.9 Å². The van der Waals surface area contributed by atoms with E-state index in [0.717, 1.165) is 24.0 Å². The van der Waals surface area contributed by atoms with Crippen molar-refractivity contribution in [2.45, 2.75) is 58.4 Å². The van der Waals surface area contributed by atoms with Crippen LogP contribution >= 0.6 is 0 Å². The number of nitrogens with one attached hydrogen (secondary N) is 1. The predicted octanol–water partition coefficient (Wildman–Crippen LogP) is 2.99. The SMILES string of the molecule is CCC(CC)C(C)NS(=O)(=O)c1cc(N)cc(C)c1C. The highest BCUT2D eigenvalue weighted by atomic mass is 32.2. The van der Waals surface area contributed by atoms with Crippen molar-refractivity contribution in [2.75, 3.05) is 5.73 Å². The van der Waals surface area contributed by atoms with Gasteiger partial charge in [0, 0.05) is 11.7 Å². The van der Waals surface area contributed by atoms with E-state index in [1.54, 1.807) is 6.07 Å². The summed E-state index contributed by atoms with van der Waals surface area (Å²) >= 11 is 0. The molecule has 0 aliphatic heterocycles. The van der Waals surface area contributed by atoms with Gasteiger partial charge in [-0.3, -0.25) is 0 Å². The molecule has 1 rings (SSSR count). The molecule has 5 heteroatoms. The first-order valence-corrected chi connectivity index (χ1v) is 8.60. The Kier molecular flexibility index (Phi) is 5.59. The van der Waals surface area contributed by atoms with Crippen molar-refractivity contribution in [3.63, 3.8) is 0 Å². The second kappa shape index (κ2) is 6.59. The maximum absolute atomic E-state index is 12.5. The summed E-state index contributed by atoms with van der Waals surface area (Å²) in [5, 5.41) is 0. The number of nitrogens with two attached hydrogens (primary N) is 1. The summed E-state index contributed by atoms with van der Waals surface area (Å²) in [5.74, 6) is 0.340. The van der Waals surface area contributed by atoms with E-state index in [2.05, 4.69) is 18.6 Å². The van der Waals surface area contributed by atoms with E-state index < -0.39 is 10.0 Å². The third kappa shape index (κ3) is 3.73. The van der Waals surface area contributed by atoms with Crippen LogP contribution in [-0.2, 0) is 10.0 Å². The zero-order chi connectivity index (χ0) is 15.5. The molecule has 0 aromatic heterocycles. The fourth-order valence-electron chi connectivity index (χ4n) is 2.53. The van der Waals surface area contributed by atoms with E-state index in [9.17, 15) is 8.42 Å². The molecule has 0 fully saturated rings. The maximum Gasteiger partial charge on any atom is 0.241 e. The highest BCUT2D eigenvalue weighted by molar-refractivity contribution is 7.89. The summed E-state index contributed by atoms with van der Waals surface area (Å²) in [7, 11) is -3.53. The van der Waals surface area contributed by atoms with Gasteiger partial charge in [-0.2, -0.15) is 0 Å². The van der Waals surface area contributed by atoms with Crippen LogP contribution in [0.4, 0.5) is 5.69 Å². The van der Waals surface area contributed by atoms with Crippen LogP contribution in [0.2, 0.25) is 0 Å². The highest BCUT2D eigenvalue weighted by Gasteiger charge is 2.24. The molecule has 114 valence electrons. The van der Waals surface area contributed by atoms with Crippen LogP contribution in [-0.4, -0.2) is 14.5 Å². The Morgan fingerprint density at radius 3 is 2.25 bits per heavy atom. The van der Waals surface area contributed by atoms with Crippen LogP contribution in [0.3, 0.4) is 0 Å². The summed E-state index contributed by atoms with van der Waals surface area (Å²) < 4.78 is 27.9. The molecule has 0 radical (unpaired) electrons. The van der Waals surface area contributed by atoms with Crippen molar-refractivity contribution >= 4 is 15.7 Å². The minimum atomic E-state index is -3.53. The molecule has 0 saturated carbocycles. The van der Waals surface area contributed by atoms with Crippen LogP contribution in [0.25, 0.3) is 0 Å². The molecule has 20 heavy (non-hydrogen) atoms. The lowest BCUT2D eigenvalue weighted by Gasteiger charge is -2.23. The number of rotatable bonds is 6.